The van der Waals surface area contributed by atoms with Crippen molar-refractivity contribution in [3.8, 4) is 0 Å². The van der Waals surface area contributed by atoms with E-state index >= 15 is 0 Å². The molecular formula is C14H22Si. The van der Waals surface area contributed by atoms with Crippen molar-refractivity contribution in [2.45, 2.75) is 39.9 Å². The Morgan fingerprint density at radius 1 is 1.13 bits per heavy atom. The fraction of sp³-hybridized carbons (Fsp3) is 0.429. The minimum Gasteiger partial charge on any atom is -0.0920 e. The number of aryl methyl sites for hydroxylation is 1. The Kier molecular flexibility index (Phi) is 3.92. The van der Waals surface area contributed by atoms with Crippen LogP contribution in [-0.2, 0) is 6.42 Å². The van der Waals surface area contributed by atoms with Crippen LogP contribution in [0.1, 0.15) is 18.1 Å². The lowest BCUT2D eigenvalue weighted by Crippen LogP contribution is -2.25. The predicted molar refractivity (Wildman–Crippen MR) is 72.0 cm³/mol. The highest BCUT2D eigenvalue weighted by molar-refractivity contribution is 6.83. The Balaban J connectivity index is 2.81. The Bertz CT molecular complexity index is 339. The van der Waals surface area contributed by atoms with Gasteiger partial charge in [0.2, 0.25) is 0 Å². The van der Waals surface area contributed by atoms with Crippen LogP contribution in [0, 0.1) is 6.92 Å². The fourth-order valence-electron chi connectivity index (χ4n) is 1.73. The summed E-state index contributed by atoms with van der Waals surface area (Å²) in [5.74, 6) is 0. The van der Waals surface area contributed by atoms with Crippen molar-refractivity contribution in [3.63, 3.8) is 0 Å². The smallest absolute Gasteiger partial charge is 0.0724 e. The first-order valence-corrected chi connectivity index (χ1v) is 9.14. The SMILES string of the molecule is C/C=C(\Cc1ccc(C)cc1)[Si](C)(C)C. The standard InChI is InChI=1S/C14H22Si/c1-6-14(15(3,4)5)11-13-9-7-12(2)8-10-13/h6-10H,11H2,1-5H3/b14-6+. The number of hydrogen-bond acceptors (Lipinski definition) is 0. The molecule has 0 amide bonds. The molecule has 0 bridgehead atoms. The van der Waals surface area contributed by atoms with Crippen molar-refractivity contribution in [1.82, 2.24) is 0 Å². The molecule has 1 heteroatoms. The van der Waals surface area contributed by atoms with Crippen LogP contribution in [-0.4, -0.2) is 8.07 Å². The van der Waals surface area contributed by atoms with Gasteiger partial charge in [-0.1, -0.05) is 60.7 Å². The molecule has 0 atom stereocenters. The Morgan fingerprint density at radius 3 is 2.07 bits per heavy atom. The van der Waals surface area contributed by atoms with E-state index in [9.17, 15) is 0 Å². The van der Waals surface area contributed by atoms with Gasteiger partial charge >= 0.3 is 0 Å². The van der Waals surface area contributed by atoms with Gasteiger partial charge in [-0.25, -0.2) is 0 Å². The molecule has 0 heterocycles. The van der Waals surface area contributed by atoms with Crippen molar-refractivity contribution in [1.29, 1.82) is 0 Å². The second kappa shape index (κ2) is 4.80. The van der Waals surface area contributed by atoms with E-state index < -0.39 is 8.07 Å². The van der Waals surface area contributed by atoms with Gasteiger partial charge in [-0.05, 0) is 25.8 Å². The number of hydrogen-bond donors (Lipinski definition) is 0. The van der Waals surface area contributed by atoms with E-state index in [1.165, 1.54) is 11.1 Å². The highest BCUT2D eigenvalue weighted by atomic mass is 28.3. The topological polar surface area (TPSA) is 0 Å². The van der Waals surface area contributed by atoms with Gasteiger partial charge < -0.3 is 0 Å². The van der Waals surface area contributed by atoms with Crippen LogP contribution in [0.15, 0.2) is 35.5 Å². The van der Waals surface area contributed by atoms with Crippen LogP contribution in [0.5, 0.6) is 0 Å². The van der Waals surface area contributed by atoms with Crippen LogP contribution in [0.3, 0.4) is 0 Å². The van der Waals surface area contributed by atoms with Crippen LogP contribution in [0.4, 0.5) is 0 Å². The zero-order chi connectivity index (χ0) is 11.5. The molecule has 0 aliphatic heterocycles. The quantitative estimate of drug-likeness (QED) is 0.661. The molecule has 0 N–H and O–H groups in total. The van der Waals surface area contributed by atoms with Crippen molar-refractivity contribution >= 4 is 8.07 Å². The molecule has 0 spiro atoms. The normalized spacial score (nSPS) is 13.0. The maximum atomic E-state index is 2.41. The first-order chi connectivity index (χ1) is 6.93. The molecule has 0 radical (unpaired) electrons. The average Bonchev–Trinajstić information content (AvgIpc) is 2.15. The number of rotatable bonds is 3. The van der Waals surface area contributed by atoms with E-state index in [2.05, 4.69) is 63.8 Å². The van der Waals surface area contributed by atoms with Crippen molar-refractivity contribution in [2.24, 2.45) is 0 Å². The van der Waals surface area contributed by atoms with E-state index in [-0.39, 0.29) is 0 Å². The summed E-state index contributed by atoms with van der Waals surface area (Å²) in [7, 11) is -1.12. The van der Waals surface area contributed by atoms with Gasteiger partial charge in [0.15, 0.2) is 0 Å². The molecule has 1 aromatic carbocycles. The largest absolute Gasteiger partial charge is 0.0920 e. The van der Waals surface area contributed by atoms with E-state index in [1.54, 1.807) is 5.20 Å². The van der Waals surface area contributed by atoms with Crippen LogP contribution >= 0.6 is 0 Å². The van der Waals surface area contributed by atoms with Gasteiger partial charge in [-0.15, -0.1) is 0 Å². The lowest BCUT2D eigenvalue weighted by atomic mass is 10.1. The van der Waals surface area contributed by atoms with Crippen molar-refractivity contribution in [2.75, 3.05) is 0 Å². The van der Waals surface area contributed by atoms with Gasteiger partial charge in [0.05, 0.1) is 8.07 Å². The van der Waals surface area contributed by atoms with Crippen LogP contribution in [0.25, 0.3) is 0 Å². The zero-order valence-corrected chi connectivity index (χ0v) is 11.6. The molecule has 0 saturated heterocycles. The summed E-state index contributed by atoms with van der Waals surface area (Å²) in [6.07, 6.45) is 3.44. The molecule has 82 valence electrons. The van der Waals surface area contributed by atoms with E-state index in [4.69, 9.17) is 0 Å². The molecule has 0 aliphatic carbocycles. The van der Waals surface area contributed by atoms with E-state index in [1.807, 2.05) is 0 Å². The predicted octanol–water partition coefficient (Wildman–Crippen LogP) is 4.36. The summed E-state index contributed by atoms with van der Waals surface area (Å²) in [6.45, 7) is 11.5. The summed E-state index contributed by atoms with van der Waals surface area (Å²) < 4.78 is 0. The fourth-order valence-corrected chi connectivity index (χ4v) is 3.33. The van der Waals surface area contributed by atoms with Crippen molar-refractivity contribution in [3.05, 3.63) is 46.7 Å². The lowest BCUT2D eigenvalue weighted by molar-refractivity contribution is 1.20. The molecule has 1 rings (SSSR count). The highest BCUT2D eigenvalue weighted by Gasteiger charge is 2.18. The van der Waals surface area contributed by atoms with Gasteiger partial charge in [-0.2, -0.15) is 0 Å². The second-order valence-corrected chi connectivity index (χ2v) is 10.4. The van der Waals surface area contributed by atoms with Crippen LogP contribution < -0.4 is 0 Å². The zero-order valence-electron chi connectivity index (χ0n) is 10.6. The third-order valence-electron chi connectivity index (χ3n) is 2.83. The summed E-state index contributed by atoms with van der Waals surface area (Å²) in [5, 5.41) is 1.64. The Morgan fingerprint density at radius 2 is 1.67 bits per heavy atom. The number of allylic oxidation sites excluding steroid dienone is 2. The third-order valence-corrected chi connectivity index (χ3v) is 5.22. The molecular weight excluding hydrogens is 196 g/mol. The van der Waals surface area contributed by atoms with Gasteiger partial charge in [0, 0.05) is 0 Å². The third kappa shape index (κ3) is 3.67. The molecule has 0 saturated carbocycles. The molecule has 0 aromatic heterocycles. The summed E-state index contributed by atoms with van der Waals surface area (Å²) in [4.78, 5) is 0. The molecule has 0 nitrogen and oxygen atoms in total. The van der Waals surface area contributed by atoms with Gasteiger partial charge in [0.25, 0.3) is 0 Å². The molecule has 0 aliphatic rings. The second-order valence-electron chi connectivity index (χ2n) is 5.23. The lowest BCUT2D eigenvalue weighted by Gasteiger charge is -2.21. The molecule has 15 heavy (non-hydrogen) atoms. The maximum Gasteiger partial charge on any atom is 0.0724 e. The Hall–Kier alpha value is -0.823. The summed E-state index contributed by atoms with van der Waals surface area (Å²) >= 11 is 0. The summed E-state index contributed by atoms with van der Waals surface area (Å²) in [6, 6.07) is 8.90. The molecule has 0 fully saturated rings. The van der Waals surface area contributed by atoms with Gasteiger partial charge in [0.1, 0.15) is 0 Å². The molecule has 0 unspecified atom stereocenters. The van der Waals surface area contributed by atoms with Crippen molar-refractivity contribution < 1.29 is 0 Å². The number of benzene rings is 1. The minimum atomic E-state index is -1.12. The first kappa shape index (κ1) is 12.2. The monoisotopic (exact) mass is 218 g/mol. The summed E-state index contributed by atoms with van der Waals surface area (Å²) in [5.41, 5.74) is 2.78. The highest BCUT2D eigenvalue weighted by Crippen LogP contribution is 2.19. The molecule has 1 aromatic rings. The van der Waals surface area contributed by atoms with Crippen LogP contribution in [0.2, 0.25) is 19.6 Å². The average molecular weight is 218 g/mol. The van der Waals surface area contributed by atoms with E-state index in [0.717, 1.165) is 6.42 Å². The van der Waals surface area contributed by atoms with E-state index in [0.29, 0.717) is 0 Å². The van der Waals surface area contributed by atoms with Gasteiger partial charge in [-0.3, -0.25) is 0 Å². The minimum absolute atomic E-state index is 1.12. The first-order valence-electron chi connectivity index (χ1n) is 5.64. The maximum absolute atomic E-state index is 2.41. The Labute approximate surface area is 95.0 Å².